The molecule has 1 N–H and O–H groups in total. The lowest BCUT2D eigenvalue weighted by Gasteiger charge is -2.25. The summed E-state index contributed by atoms with van der Waals surface area (Å²) in [6, 6.07) is 9.99. The lowest BCUT2D eigenvalue weighted by atomic mass is 10.1. The minimum absolute atomic E-state index is 0.179. The smallest absolute Gasteiger partial charge is 0.238 e. The van der Waals surface area contributed by atoms with E-state index in [1.165, 1.54) is 17.2 Å². The summed E-state index contributed by atoms with van der Waals surface area (Å²) in [5.74, 6) is -0.228. The molecule has 2 aromatic carbocycles. The Bertz CT molecular complexity index is 799. The van der Waals surface area contributed by atoms with Gasteiger partial charge in [0.2, 0.25) is 5.91 Å². The van der Waals surface area contributed by atoms with Crippen molar-refractivity contribution < 1.29 is 4.79 Å². The maximum atomic E-state index is 12.5. The van der Waals surface area contributed by atoms with E-state index in [1.807, 2.05) is 24.1 Å². The topological polar surface area (TPSA) is 32.3 Å². The molecule has 0 saturated carbocycles. The standard InChI is InChI=1S/C18H16Cl4N2O/c1-24(14-7-6-10-4-2-3-5-11(10)14)9-15(25)23-18-16(21)12(19)8-13(20)17(18)22/h2-5,8,14H,6-7,9H2,1H3,(H,23,25)/t14-/m1/s1. The Morgan fingerprint density at radius 3 is 2.48 bits per heavy atom. The Hall–Kier alpha value is -0.970. The lowest BCUT2D eigenvalue weighted by Crippen LogP contribution is -2.32. The molecule has 1 amide bonds. The Labute approximate surface area is 166 Å². The van der Waals surface area contributed by atoms with Crippen LogP contribution < -0.4 is 5.32 Å². The van der Waals surface area contributed by atoms with Gasteiger partial charge in [0.05, 0.1) is 32.3 Å². The van der Waals surface area contributed by atoms with Gasteiger partial charge in [-0.05, 0) is 37.1 Å². The molecule has 0 spiro atoms. The number of likely N-dealkylation sites (N-methyl/N-ethyl adjacent to an activating group) is 1. The van der Waals surface area contributed by atoms with Crippen molar-refractivity contribution in [2.24, 2.45) is 0 Å². The van der Waals surface area contributed by atoms with E-state index in [2.05, 4.69) is 17.4 Å². The summed E-state index contributed by atoms with van der Waals surface area (Å²) in [6.07, 6.45) is 2.02. The highest BCUT2D eigenvalue weighted by Crippen LogP contribution is 2.41. The van der Waals surface area contributed by atoms with Gasteiger partial charge < -0.3 is 5.32 Å². The minimum atomic E-state index is -0.228. The Morgan fingerprint density at radius 1 is 1.16 bits per heavy atom. The number of benzene rings is 2. The van der Waals surface area contributed by atoms with Crippen LogP contribution in [0.2, 0.25) is 20.1 Å². The molecular formula is C18H16Cl4N2O. The molecule has 1 aliphatic rings. The largest absolute Gasteiger partial charge is 0.322 e. The first-order valence-corrected chi connectivity index (χ1v) is 9.30. The van der Waals surface area contributed by atoms with Crippen LogP contribution in [0.25, 0.3) is 0 Å². The molecule has 0 bridgehead atoms. The summed E-state index contributed by atoms with van der Waals surface area (Å²) in [5.41, 5.74) is 2.86. The number of amides is 1. The third kappa shape index (κ3) is 3.91. The molecule has 0 unspecified atom stereocenters. The second-order valence-electron chi connectivity index (χ2n) is 6.06. The number of fused-ring (bicyclic) bond motifs is 1. The summed E-state index contributed by atoms with van der Waals surface area (Å²) in [4.78, 5) is 14.5. The third-order valence-electron chi connectivity index (χ3n) is 4.40. The van der Waals surface area contributed by atoms with Crippen molar-refractivity contribution in [1.29, 1.82) is 0 Å². The van der Waals surface area contributed by atoms with Crippen molar-refractivity contribution in [2.75, 3.05) is 18.9 Å². The lowest BCUT2D eigenvalue weighted by molar-refractivity contribution is -0.117. The molecule has 0 aliphatic heterocycles. The molecule has 0 heterocycles. The van der Waals surface area contributed by atoms with E-state index in [-0.39, 0.29) is 44.3 Å². The number of nitrogens with zero attached hydrogens (tertiary/aromatic N) is 1. The highest BCUT2D eigenvalue weighted by Gasteiger charge is 2.27. The van der Waals surface area contributed by atoms with Gasteiger partial charge in [-0.25, -0.2) is 0 Å². The molecule has 7 heteroatoms. The number of rotatable bonds is 4. The van der Waals surface area contributed by atoms with Crippen LogP contribution in [0.3, 0.4) is 0 Å². The van der Waals surface area contributed by atoms with Crippen molar-refractivity contribution in [2.45, 2.75) is 18.9 Å². The molecule has 0 saturated heterocycles. The summed E-state index contributed by atoms with van der Waals surface area (Å²) < 4.78 is 0. The van der Waals surface area contributed by atoms with Gasteiger partial charge in [-0.1, -0.05) is 70.7 Å². The number of carbonyl (C=O) groups is 1. The average Bonchev–Trinajstić information content (AvgIpc) is 3.01. The highest BCUT2D eigenvalue weighted by molar-refractivity contribution is 6.50. The van der Waals surface area contributed by atoms with Crippen LogP contribution in [0.5, 0.6) is 0 Å². The zero-order valence-electron chi connectivity index (χ0n) is 13.5. The van der Waals surface area contributed by atoms with E-state index in [9.17, 15) is 4.79 Å². The fourth-order valence-corrected chi connectivity index (χ4v) is 4.10. The number of carbonyl (C=O) groups excluding carboxylic acids is 1. The predicted octanol–water partition coefficient (Wildman–Crippen LogP) is 5.86. The molecule has 0 aromatic heterocycles. The number of hydrogen-bond acceptors (Lipinski definition) is 2. The minimum Gasteiger partial charge on any atom is -0.322 e. The molecule has 1 atom stereocenters. The van der Waals surface area contributed by atoms with Gasteiger partial charge in [-0.2, -0.15) is 0 Å². The van der Waals surface area contributed by atoms with Crippen LogP contribution in [0.15, 0.2) is 30.3 Å². The molecule has 2 aromatic rings. The normalized spacial score (nSPS) is 16.2. The van der Waals surface area contributed by atoms with Crippen LogP contribution in [0.1, 0.15) is 23.6 Å². The van der Waals surface area contributed by atoms with E-state index in [0.717, 1.165) is 12.8 Å². The quantitative estimate of drug-likeness (QED) is 0.632. The number of anilines is 1. The van der Waals surface area contributed by atoms with Crippen molar-refractivity contribution >= 4 is 58.0 Å². The molecule has 0 radical (unpaired) electrons. The van der Waals surface area contributed by atoms with Crippen molar-refractivity contribution in [1.82, 2.24) is 4.90 Å². The molecule has 25 heavy (non-hydrogen) atoms. The van der Waals surface area contributed by atoms with Gasteiger partial charge >= 0.3 is 0 Å². The first-order valence-electron chi connectivity index (χ1n) is 7.79. The maximum Gasteiger partial charge on any atom is 0.238 e. The van der Waals surface area contributed by atoms with Crippen LogP contribution in [0, 0.1) is 0 Å². The second-order valence-corrected chi connectivity index (χ2v) is 7.63. The number of hydrogen-bond donors (Lipinski definition) is 1. The molecule has 3 nitrogen and oxygen atoms in total. The van der Waals surface area contributed by atoms with Gasteiger partial charge in [0.15, 0.2) is 0 Å². The van der Waals surface area contributed by atoms with Crippen molar-refractivity contribution in [3.63, 3.8) is 0 Å². The molecule has 3 rings (SSSR count). The Kier molecular flexibility index (Phi) is 5.81. The molecule has 0 fully saturated rings. The maximum absolute atomic E-state index is 12.5. The zero-order valence-corrected chi connectivity index (χ0v) is 16.5. The monoisotopic (exact) mass is 416 g/mol. The summed E-state index contributed by atoms with van der Waals surface area (Å²) in [5, 5.41) is 3.56. The van der Waals surface area contributed by atoms with Crippen LogP contribution >= 0.6 is 46.4 Å². The number of nitrogens with one attached hydrogen (secondary N) is 1. The van der Waals surface area contributed by atoms with Gasteiger partial charge in [-0.15, -0.1) is 0 Å². The highest BCUT2D eigenvalue weighted by atomic mass is 35.5. The molecule has 132 valence electrons. The fourth-order valence-electron chi connectivity index (χ4n) is 3.19. The zero-order chi connectivity index (χ0) is 18.1. The van der Waals surface area contributed by atoms with Gasteiger partial charge in [-0.3, -0.25) is 9.69 Å². The third-order valence-corrected chi connectivity index (χ3v) is 5.98. The summed E-state index contributed by atoms with van der Waals surface area (Å²) in [7, 11) is 1.93. The van der Waals surface area contributed by atoms with Crippen LogP contribution in [-0.4, -0.2) is 24.4 Å². The fraction of sp³-hybridized carbons (Fsp3) is 0.278. The van der Waals surface area contributed by atoms with Crippen molar-refractivity contribution in [3.05, 3.63) is 61.5 Å². The first kappa shape index (κ1) is 18.8. The number of aryl methyl sites for hydroxylation is 1. The van der Waals surface area contributed by atoms with E-state index in [0.29, 0.717) is 0 Å². The summed E-state index contributed by atoms with van der Waals surface area (Å²) >= 11 is 24.3. The van der Waals surface area contributed by atoms with E-state index in [4.69, 9.17) is 46.4 Å². The number of halogens is 4. The van der Waals surface area contributed by atoms with E-state index < -0.39 is 0 Å². The van der Waals surface area contributed by atoms with E-state index >= 15 is 0 Å². The Morgan fingerprint density at radius 2 is 1.80 bits per heavy atom. The van der Waals surface area contributed by atoms with Crippen LogP contribution in [-0.2, 0) is 11.2 Å². The van der Waals surface area contributed by atoms with Gasteiger partial charge in [0.25, 0.3) is 0 Å². The first-order chi connectivity index (χ1) is 11.9. The molecular weight excluding hydrogens is 402 g/mol. The predicted molar refractivity (Wildman–Crippen MR) is 105 cm³/mol. The van der Waals surface area contributed by atoms with Gasteiger partial charge in [0.1, 0.15) is 0 Å². The Balaban J connectivity index is 1.72. The van der Waals surface area contributed by atoms with Gasteiger partial charge in [0, 0.05) is 6.04 Å². The van der Waals surface area contributed by atoms with Crippen LogP contribution in [0.4, 0.5) is 5.69 Å². The molecule has 1 aliphatic carbocycles. The SMILES string of the molecule is CN(CC(=O)Nc1c(Cl)c(Cl)cc(Cl)c1Cl)[C@@H]1CCc2ccccc21. The van der Waals surface area contributed by atoms with E-state index in [1.54, 1.807) is 0 Å². The average molecular weight is 418 g/mol. The summed E-state index contributed by atoms with van der Waals surface area (Å²) in [6.45, 7) is 0.204. The van der Waals surface area contributed by atoms with Crippen molar-refractivity contribution in [3.8, 4) is 0 Å². The second kappa shape index (κ2) is 7.73.